The average molecular weight is 916 g/mol. The summed E-state index contributed by atoms with van der Waals surface area (Å²) in [6, 6.07) is -4.30. The molecule has 2 fully saturated rings. The van der Waals surface area contributed by atoms with Crippen LogP contribution in [0.4, 0.5) is 4.79 Å². The number of primary amides is 2. The molecule has 2 saturated heterocycles. The third-order valence-corrected chi connectivity index (χ3v) is 11.3. The van der Waals surface area contributed by atoms with E-state index in [4.69, 9.17) is 21.8 Å². The summed E-state index contributed by atoms with van der Waals surface area (Å²) in [5.74, 6) is -11.7. The molecule has 27 heteroatoms. The number of fused-ring (bicyclic) bond motifs is 1. The van der Waals surface area contributed by atoms with Crippen molar-refractivity contribution in [2.45, 2.75) is 119 Å². The van der Waals surface area contributed by atoms with Gasteiger partial charge in [0.1, 0.15) is 18.1 Å². The lowest BCUT2D eigenvalue weighted by molar-refractivity contribution is -0.143. The van der Waals surface area contributed by atoms with Gasteiger partial charge in [0.15, 0.2) is 0 Å². The van der Waals surface area contributed by atoms with Crippen molar-refractivity contribution in [3.8, 4) is 0 Å². The van der Waals surface area contributed by atoms with E-state index in [2.05, 4.69) is 42.5 Å². The van der Waals surface area contributed by atoms with E-state index < -0.39 is 135 Å². The molecule has 16 N–H and O–H groups in total. The van der Waals surface area contributed by atoms with Crippen LogP contribution in [0, 0.1) is 5.92 Å². The molecule has 7 atom stereocenters. The lowest BCUT2D eigenvalue weighted by atomic mass is 9.98. The van der Waals surface area contributed by atoms with Gasteiger partial charge < -0.3 is 64.2 Å². The van der Waals surface area contributed by atoms with E-state index >= 15 is 0 Å². The number of hydrogen-bond donors (Lipinski definition) is 14. The number of hydroxylamine groups is 1. The molecule has 0 aromatic rings. The predicted molar refractivity (Wildman–Crippen MR) is 217 cm³/mol. The van der Waals surface area contributed by atoms with Gasteiger partial charge in [-0.25, -0.2) is 10.3 Å². The molecule has 2 rings (SSSR count). The van der Waals surface area contributed by atoms with Crippen LogP contribution in [-0.2, 0) is 52.7 Å². The second kappa shape index (κ2) is 27.6. The summed E-state index contributed by atoms with van der Waals surface area (Å²) in [6.07, 6.45) is -0.133. The highest BCUT2D eigenvalue weighted by Crippen LogP contribution is 2.33. The summed E-state index contributed by atoms with van der Waals surface area (Å²) in [4.78, 5) is 146. The monoisotopic (exact) mass is 915 g/mol. The molecule has 0 saturated carbocycles. The summed E-state index contributed by atoms with van der Waals surface area (Å²) >= 11 is 1.81. The molecule has 0 aromatic carbocycles. The maximum Gasteiger partial charge on any atom is 0.315 e. The minimum absolute atomic E-state index is 0.109. The van der Waals surface area contributed by atoms with E-state index in [0.29, 0.717) is 37.5 Å². The zero-order valence-electron chi connectivity index (χ0n) is 34.4. The summed E-state index contributed by atoms with van der Waals surface area (Å²) in [6.45, 7) is -1.10. The number of hydrogen-bond acceptors (Lipinski definition) is 14. The molecule has 63 heavy (non-hydrogen) atoms. The Hall–Kier alpha value is -6.25. The molecule has 1 unspecified atom stereocenters. The van der Waals surface area contributed by atoms with E-state index in [0.717, 1.165) is 18.6 Å². The number of thioether (sulfide) groups is 1. The number of unbranched alkanes of at least 4 members (excludes halogenated alkanes) is 2. The maximum atomic E-state index is 13.2. The van der Waals surface area contributed by atoms with Gasteiger partial charge in [0.2, 0.25) is 53.2 Å². The van der Waals surface area contributed by atoms with Crippen LogP contribution in [-0.4, -0.2) is 147 Å². The topological polar surface area (TPSA) is 426 Å². The normalized spacial score (nSPS) is 18.0. The highest BCUT2D eigenvalue weighted by molar-refractivity contribution is 8.00. The van der Waals surface area contributed by atoms with Crippen LogP contribution >= 0.6 is 11.8 Å². The van der Waals surface area contributed by atoms with Gasteiger partial charge in [0.05, 0.1) is 37.5 Å². The fraction of sp³-hybridized carbons (Fsp3) is 0.667. The quantitative estimate of drug-likeness (QED) is 0.0134. The Morgan fingerprint density at radius 3 is 1.97 bits per heavy atom. The fourth-order valence-corrected chi connectivity index (χ4v) is 8.06. The van der Waals surface area contributed by atoms with Crippen molar-refractivity contribution in [2.75, 3.05) is 25.4 Å². The smallest absolute Gasteiger partial charge is 0.315 e. The van der Waals surface area contributed by atoms with Crippen molar-refractivity contribution in [1.29, 1.82) is 0 Å². The van der Waals surface area contributed by atoms with Gasteiger partial charge in [-0.15, -0.1) is 0 Å². The molecule has 2 aliphatic rings. The number of carboxylic acid groups (broad SMARTS) is 2. The van der Waals surface area contributed by atoms with E-state index in [1.54, 1.807) is 0 Å². The molecule has 26 nitrogen and oxygen atoms in total. The number of carboxylic acids is 2. The lowest BCUT2D eigenvalue weighted by Crippen LogP contribution is -2.55. The molecule has 0 aliphatic carbocycles. The summed E-state index contributed by atoms with van der Waals surface area (Å²) < 4.78 is 0. The molecule has 11 amide bonds. The number of amides is 11. The summed E-state index contributed by atoms with van der Waals surface area (Å²) in [5, 5.41) is 47.2. The van der Waals surface area contributed by atoms with Gasteiger partial charge in [-0.1, -0.05) is 6.42 Å². The lowest BCUT2D eigenvalue weighted by Gasteiger charge is -2.24. The predicted octanol–water partition coefficient (Wildman–Crippen LogP) is -4.71. The number of carbonyl (C=O) groups is 12. The first-order valence-corrected chi connectivity index (χ1v) is 21.2. The minimum atomic E-state index is -1.66. The Morgan fingerprint density at radius 2 is 1.32 bits per heavy atom. The molecule has 0 aromatic heterocycles. The van der Waals surface area contributed by atoms with Crippen molar-refractivity contribution >= 4 is 82.9 Å². The Morgan fingerprint density at radius 1 is 0.651 bits per heavy atom. The SMILES string of the molecule is NC(=O)CC[C@H](NC(=O)C(CC(=O)O)CC(=O)NO)C(=O)N[C@@H](CCC(=O)O)C(=O)NCC(=O)NCC(=O)N[C@@H](CCCCNC(=O)CCCC[C@@H]1SC[C@@H]2NC(=O)N[C@@H]21)C(N)=O. The van der Waals surface area contributed by atoms with Crippen LogP contribution in [0.3, 0.4) is 0 Å². The first kappa shape index (κ1) is 52.9. The largest absolute Gasteiger partial charge is 0.481 e. The van der Waals surface area contributed by atoms with Crippen molar-refractivity contribution in [2.24, 2.45) is 17.4 Å². The molecule has 2 heterocycles. The molecule has 0 bridgehead atoms. The van der Waals surface area contributed by atoms with Crippen LogP contribution in [0.15, 0.2) is 0 Å². The van der Waals surface area contributed by atoms with Crippen LogP contribution in [0.25, 0.3) is 0 Å². The second-order valence-corrected chi connectivity index (χ2v) is 16.1. The van der Waals surface area contributed by atoms with Crippen molar-refractivity contribution < 1.29 is 73.0 Å². The van der Waals surface area contributed by atoms with Crippen molar-refractivity contribution in [1.82, 2.24) is 48.0 Å². The number of aliphatic carboxylic acids is 2. The van der Waals surface area contributed by atoms with Crippen LogP contribution in [0.5, 0.6) is 0 Å². The number of nitrogens with one attached hydrogen (secondary N) is 9. The summed E-state index contributed by atoms with van der Waals surface area (Å²) in [5.41, 5.74) is 11.8. The maximum absolute atomic E-state index is 13.2. The zero-order valence-corrected chi connectivity index (χ0v) is 35.2. The van der Waals surface area contributed by atoms with Crippen LogP contribution in [0.2, 0.25) is 0 Å². The first-order valence-electron chi connectivity index (χ1n) is 20.1. The number of carbonyl (C=O) groups excluding carboxylic acids is 10. The number of rotatable bonds is 31. The van der Waals surface area contributed by atoms with E-state index in [1.165, 1.54) is 5.48 Å². The van der Waals surface area contributed by atoms with Gasteiger partial charge in [-0.2, -0.15) is 11.8 Å². The highest BCUT2D eigenvalue weighted by Gasteiger charge is 2.42. The van der Waals surface area contributed by atoms with Gasteiger partial charge in [0.25, 0.3) is 0 Å². The summed E-state index contributed by atoms with van der Waals surface area (Å²) in [7, 11) is 0. The number of nitrogens with two attached hydrogens (primary N) is 2. The zero-order chi connectivity index (χ0) is 47.1. The van der Waals surface area contributed by atoms with Gasteiger partial charge in [-0.05, 0) is 44.9 Å². The first-order chi connectivity index (χ1) is 29.8. The molecule has 2 aliphatic heterocycles. The molecular formula is C36H57N11O15S. The van der Waals surface area contributed by atoms with Gasteiger partial charge in [0, 0.05) is 43.2 Å². The van der Waals surface area contributed by atoms with Crippen molar-refractivity contribution in [3.05, 3.63) is 0 Å². The fourth-order valence-electron chi connectivity index (χ4n) is 6.52. The number of urea groups is 1. The Kier molecular flexibility index (Phi) is 23.2. The Balaban J connectivity index is 1.80. The Labute approximate surface area is 365 Å². The van der Waals surface area contributed by atoms with E-state index in [1.807, 2.05) is 11.8 Å². The third-order valence-electron chi connectivity index (χ3n) is 9.81. The van der Waals surface area contributed by atoms with Crippen molar-refractivity contribution in [3.63, 3.8) is 0 Å². The standard InChI is InChI=1S/C36H57N11O15S/c37-24(48)10-8-21(43-33(58)18(14-30(55)56)13-26(50)47-62)35(60)44-20(9-11-29(53)54)34(59)41-15-27(51)40-16-28(52)42-19(32(38)57)5-3-4-12-39-25(49)7-2-1-6-23-31-22(17-63-23)45-36(61)46-31/h18-23,31,62H,1-17H2,(H2,37,48)(H2,38,57)(H,39,49)(H,40,51)(H,41,59)(H,42,52)(H,43,58)(H,44,60)(H,47,50)(H,53,54)(H,55,56)(H2,45,46,61)/t18?,19-,20-,21-,22-,23-,31-/m0/s1. The molecule has 0 radical (unpaired) electrons. The highest BCUT2D eigenvalue weighted by atomic mass is 32.2. The van der Waals surface area contributed by atoms with Crippen LogP contribution in [0.1, 0.15) is 83.5 Å². The molecule has 352 valence electrons. The third kappa shape index (κ3) is 20.9. The Bertz CT molecular complexity index is 1700. The van der Waals surface area contributed by atoms with E-state index in [-0.39, 0.29) is 30.4 Å². The average Bonchev–Trinajstić information content (AvgIpc) is 3.77. The molecule has 0 spiro atoms. The van der Waals surface area contributed by atoms with Crippen LogP contribution < -0.4 is 59.5 Å². The van der Waals surface area contributed by atoms with E-state index in [9.17, 15) is 62.6 Å². The van der Waals surface area contributed by atoms with Gasteiger partial charge >= 0.3 is 18.0 Å². The van der Waals surface area contributed by atoms with Gasteiger partial charge in [-0.3, -0.25) is 57.9 Å². The second-order valence-electron chi connectivity index (χ2n) is 14.8. The minimum Gasteiger partial charge on any atom is -0.481 e. The molecular weight excluding hydrogens is 859 g/mol.